The minimum absolute atomic E-state index is 0.000842. The van der Waals surface area contributed by atoms with Gasteiger partial charge in [-0.2, -0.15) is 20.5 Å². The second-order valence-electron chi connectivity index (χ2n) is 21.5. The molecule has 72 heavy (non-hydrogen) atoms. The second kappa shape index (κ2) is 28.2. The summed E-state index contributed by atoms with van der Waals surface area (Å²) in [5.74, 6) is -4.37. The summed E-state index contributed by atoms with van der Waals surface area (Å²) in [5, 5.41) is 119. The molecule has 0 amide bonds. The predicted molar refractivity (Wildman–Crippen MR) is 262 cm³/mol. The summed E-state index contributed by atoms with van der Waals surface area (Å²) >= 11 is 0. The van der Waals surface area contributed by atoms with Crippen molar-refractivity contribution < 1.29 is 49.8 Å². The number of ether oxygens (including phenoxy) is 1. The lowest BCUT2D eigenvalue weighted by molar-refractivity contribution is -0.148. The van der Waals surface area contributed by atoms with E-state index in [1.165, 1.54) is 0 Å². The average molecular weight is 1020 g/mol. The fourth-order valence-corrected chi connectivity index (χ4v) is 12.0. The molecule has 410 valence electrons. The Balaban J connectivity index is 0.845. The zero-order chi connectivity index (χ0) is 51.1. The van der Waals surface area contributed by atoms with E-state index in [1.54, 1.807) is 0 Å². The fourth-order valence-electron chi connectivity index (χ4n) is 12.0. The van der Waals surface area contributed by atoms with Crippen LogP contribution in [0.2, 0.25) is 0 Å². The Hall–Kier alpha value is -3.03. The van der Waals surface area contributed by atoms with Crippen LogP contribution in [0, 0.1) is 29.6 Å². The average Bonchev–Trinajstić information content (AvgIpc) is 3.35. The smallest absolute Gasteiger partial charge is 0.306 e. The summed E-state index contributed by atoms with van der Waals surface area (Å²) in [4.78, 5) is 35.2. The molecule has 5 aliphatic carbocycles. The summed E-state index contributed by atoms with van der Waals surface area (Å²) in [6.45, 7) is 4.74. The highest BCUT2D eigenvalue weighted by atomic mass is 16.6. The summed E-state index contributed by atoms with van der Waals surface area (Å²) in [7, 11) is 0. The molecule has 0 aromatic heterocycles. The normalized spacial score (nSPS) is 41.3. The highest BCUT2D eigenvalue weighted by Gasteiger charge is 2.40. The van der Waals surface area contributed by atoms with Gasteiger partial charge in [0.2, 0.25) is 0 Å². The Labute approximate surface area is 422 Å². The van der Waals surface area contributed by atoms with Gasteiger partial charge < -0.3 is 35.4 Å². The number of hydrogen-bond acceptors (Lipinski definition) is 23. The van der Waals surface area contributed by atoms with Crippen molar-refractivity contribution in [2.45, 2.75) is 209 Å². The van der Waals surface area contributed by atoms with Crippen LogP contribution in [-0.2, 0) is 19.1 Å². The third kappa shape index (κ3) is 17.3. The molecular formula is C46H86N16O10. The first kappa shape index (κ1) is 56.7. The standard InChI is InChI=1S/C46H86N16O10/c1-24-15-31(7-9-36(24)61-59-33-18-26(38(66)67)17-27(19-33)39(68)69)51-45-55-41(47-11-13-63)53-43(57-45)49-29-3-5-30(6-4-29)50-44-54-42(48-12-14-64)56-46(58-44)52-32-8-10-37(25(2)16-32)62-60-34-20-28(40(70)71)21-35(22-34)72-23-65/h24-37,41-58,63-65H,3-23H2,1-2H3,(H,66,67)(H,68,69)(H,70,71). The Morgan fingerprint density at radius 2 is 0.819 bits per heavy atom. The van der Waals surface area contributed by atoms with E-state index in [-0.39, 0.29) is 118 Å². The number of aliphatic hydroxyl groups excluding tert-OH is 3. The van der Waals surface area contributed by atoms with E-state index in [9.17, 15) is 45.0 Å². The van der Waals surface area contributed by atoms with Crippen LogP contribution in [0.4, 0.5) is 0 Å². The van der Waals surface area contributed by atoms with E-state index < -0.39 is 48.5 Å². The second-order valence-corrected chi connectivity index (χ2v) is 21.5. The molecule has 0 bridgehead atoms. The Morgan fingerprint density at radius 3 is 1.19 bits per heavy atom. The first-order chi connectivity index (χ1) is 34.7. The van der Waals surface area contributed by atoms with Crippen LogP contribution in [0.5, 0.6) is 0 Å². The van der Waals surface area contributed by atoms with Gasteiger partial charge in [-0.25, -0.2) is 0 Å². The quantitative estimate of drug-likeness (QED) is 0.0415. The van der Waals surface area contributed by atoms with Gasteiger partial charge in [0.1, 0.15) is 44.5 Å². The molecule has 2 heterocycles. The number of azo groups is 2. The van der Waals surface area contributed by atoms with Crippen LogP contribution in [0.1, 0.15) is 117 Å². The van der Waals surface area contributed by atoms with Gasteiger partial charge in [-0.3, -0.25) is 78.2 Å². The van der Waals surface area contributed by atoms with Gasteiger partial charge in [-0.15, -0.1) is 0 Å². The Kier molecular flexibility index (Phi) is 22.2. The van der Waals surface area contributed by atoms with Gasteiger partial charge in [0.15, 0.2) is 0 Å². The molecule has 7 fully saturated rings. The number of carbonyl (C=O) groups is 3. The van der Waals surface area contributed by atoms with Crippen LogP contribution in [0.25, 0.3) is 0 Å². The molecule has 18 N–H and O–H groups in total. The van der Waals surface area contributed by atoms with Gasteiger partial charge in [0.25, 0.3) is 0 Å². The van der Waals surface area contributed by atoms with Crippen LogP contribution >= 0.6 is 0 Å². The molecule has 17 unspecified atom stereocenters. The molecule has 17 atom stereocenters. The highest BCUT2D eigenvalue weighted by molar-refractivity contribution is 5.74. The number of aliphatic carboxylic acids is 3. The van der Waals surface area contributed by atoms with E-state index in [4.69, 9.17) is 9.85 Å². The van der Waals surface area contributed by atoms with E-state index in [0.29, 0.717) is 45.2 Å². The molecule has 0 aromatic rings. The van der Waals surface area contributed by atoms with Crippen LogP contribution < -0.4 is 63.8 Å². The van der Waals surface area contributed by atoms with Gasteiger partial charge in [-0.05, 0) is 115 Å². The number of carboxylic acid groups (broad SMARTS) is 3. The minimum Gasteiger partial charge on any atom is -0.481 e. The molecule has 0 radical (unpaired) electrons. The summed E-state index contributed by atoms with van der Waals surface area (Å²) in [6, 6.07) is 0.290. The predicted octanol–water partition coefficient (Wildman–Crippen LogP) is -1.35. The van der Waals surface area contributed by atoms with Crippen molar-refractivity contribution in [3.8, 4) is 0 Å². The first-order valence-electron chi connectivity index (χ1n) is 26.7. The molecule has 26 heteroatoms. The zero-order valence-corrected chi connectivity index (χ0v) is 42.0. The number of aliphatic hydroxyl groups is 3. The van der Waals surface area contributed by atoms with Crippen LogP contribution in [0.15, 0.2) is 20.5 Å². The van der Waals surface area contributed by atoms with Crippen molar-refractivity contribution in [2.75, 3.05) is 33.1 Å². The summed E-state index contributed by atoms with van der Waals surface area (Å²) in [6.07, 6.45) is 9.30. The van der Waals surface area contributed by atoms with E-state index >= 15 is 0 Å². The third-order valence-corrected chi connectivity index (χ3v) is 15.9. The first-order valence-corrected chi connectivity index (χ1v) is 26.7. The Morgan fingerprint density at radius 1 is 0.458 bits per heavy atom. The maximum atomic E-state index is 11.8. The van der Waals surface area contributed by atoms with E-state index in [2.05, 4.69) is 93.0 Å². The SMILES string of the molecule is CC1CC(NC2NC(NCCO)NC(NC3CCC(NC4NC(NCCO)NC(NC5CCC(N=NC6CC(C(=O)O)CC(C(=O)O)C6)C(C)C5)N4)CC3)N2)CCC1N=NC1CC(OCO)CC(C(=O)O)C1. The molecule has 2 aliphatic heterocycles. The van der Waals surface area contributed by atoms with E-state index in [0.717, 1.165) is 64.2 Å². The molecule has 7 rings (SSSR count). The summed E-state index contributed by atoms with van der Waals surface area (Å²) in [5.41, 5.74) is 0. The molecule has 2 saturated heterocycles. The minimum atomic E-state index is -0.978. The largest absolute Gasteiger partial charge is 0.481 e. The monoisotopic (exact) mass is 1020 g/mol. The summed E-state index contributed by atoms with van der Waals surface area (Å²) < 4.78 is 5.37. The zero-order valence-electron chi connectivity index (χ0n) is 42.0. The molecule has 0 spiro atoms. The number of rotatable bonds is 23. The molecular weight excluding hydrogens is 937 g/mol. The highest BCUT2D eigenvalue weighted by Crippen LogP contribution is 2.35. The van der Waals surface area contributed by atoms with Crippen LogP contribution in [0.3, 0.4) is 0 Å². The lowest BCUT2D eigenvalue weighted by Crippen LogP contribution is -2.79. The van der Waals surface area contributed by atoms with Gasteiger partial charge in [-0.1, -0.05) is 13.8 Å². The topological polar surface area (TPSA) is 376 Å². The van der Waals surface area contributed by atoms with Crippen molar-refractivity contribution in [3.05, 3.63) is 0 Å². The molecule has 7 aliphatic rings. The number of hydrogen-bond donors (Lipinski definition) is 18. The number of carboxylic acids is 3. The molecule has 26 nitrogen and oxygen atoms in total. The van der Waals surface area contributed by atoms with Gasteiger partial charge >= 0.3 is 17.9 Å². The van der Waals surface area contributed by atoms with E-state index in [1.807, 2.05) is 0 Å². The van der Waals surface area contributed by atoms with Crippen molar-refractivity contribution in [3.63, 3.8) is 0 Å². The Bertz CT molecular complexity index is 1730. The lowest BCUT2D eigenvalue weighted by Gasteiger charge is -2.45. The van der Waals surface area contributed by atoms with Crippen molar-refractivity contribution in [1.82, 2.24) is 63.8 Å². The number of nitrogens with one attached hydrogen (secondary N) is 12. The van der Waals surface area contributed by atoms with Crippen molar-refractivity contribution in [1.29, 1.82) is 0 Å². The number of nitrogens with zero attached hydrogens (tertiary/aromatic N) is 4. The molecule has 5 saturated carbocycles. The maximum Gasteiger partial charge on any atom is 0.306 e. The van der Waals surface area contributed by atoms with Gasteiger partial charge in [0, 0.05) is 37.3 Å². The van der Waals surface area contributed by atoms with Crippen LogP contribution in [-0.4, -0.2) is 174 Å². The molecule has 0 aromatic carbocycles. The van der Waals surface area contributed by atoms with Gasteiger partial charge in [0.05, 0.1) is 61.2 Å². The lowest BCUT2D eigenvalue weighted by atomic mass is 9.79. The van der Waals surface area contributed by atoms with Crippen molar-refractivity contribution in [2.24, 2.45) is 50.0 Å². The fraction of sp³-hybridized carbons (Fsp3) is 0.935. The third-order valence-electron chi connectivity index (χ3n) is 15.9. The van der Waals surface area contributed by atoms with Crippen molar-refractivity contribution >= 4 is 17.9 Å². The maximum absolute atomic E-state index is 11.8.